The molecule has 1 aromatic carbocycles. The van der Waals surface area contributed by atoms with Crippen molar-refractivity contribution in [3.8, 4) is 0 Å². The van der Waals surface area contributed by atoms with Gasteiger partial charge < -0.3 is 5.32 Å². The lowest BCUT2D eigenvalue weighted by molar-refractivity contribution is 0.613. The predicted octanol–water partition coefficient (Wildman–Crippen LogP) is 3.84. The van der Waals surface area contributed by atoms with Crippen LogP contribution in [0.5, 0.6) is 0 Å². The Balaban J connectivity index is 2.11. The standard InChI is InChI=1S/C12H10Cl2FN3/c1-7-4-11(18-12(14)17-7)16-6-8-2-3-9(13)5-10(8)15/h2-5H,6H2,1H3,(H,16,17,18). The molecule has 0 atom stereocenters. The minimum atomic E-state index is -0.355. The molecule has 3 nitrogen and oxygen atoms in total. The molecule has 0 aliphatic rings. The Bertz CT molecular complexity index is 555. The lowest BCUT2D eigenvalue weighted by Crippen LogP contribution is -2.04. The number of rotatable bonds is 3. The average Bonchev–Trinajstić information content (AvgIpc) is 2.26. The molecule has 6 heteroatoms. The summed E-state index contributed by atoms with van der Waals surface area (Å²) in [5.74, 6) is 0.203. The van der Waals surface area contributed by atoms with Gasteiger partial charge >= 0.3 is 0 Å². The van der Waals surface area contributed by atoms with Crippen LogP contribution in [-0.2, 0) is 6.54 Å². The van der Waals surface area contributed by atoms with Crippen LogP contribution in [-0.4, -0.2) is 9.97 Å². The van der Waals surface area contributed by atoms with Crippen LogP contribution in [0.4, 0.5) is 10.2 Å². The van der Waals surface area contributed by atoms with Crippen molar-refractivity contribution in [3.05, 3.63) is 51.6 Å². The highest BCUT2D eigenvalue weighted by Gasteiger charge is 2.04. The summed E-state index contributed by atoms with van der Waals surface area (Å²) in [4.78, 5) is 7.93. The van der Waals surface area contributed by atoms with E-state index in [4.69, 9.17) is 23.2 Å². The Morgan fingerprint density at radius 2 is 2.00 bits per heavy atom. The van der Waals surface area contributed by atoms with E-state index in [9.17, 15) is 4.39 Å². The van der Waals surface area contributed by atoms with Gasteiger partial charge in [0.15, 0.2) is 0 Å². The van der Waals surface area contributed by atoms with E-state index in [1.807, 2.05) is 6.92 Å². The summed E-state index contributed by atoms with van der Waals surface area (Å²) in [7, 11) is 0. The summed E-state index contributed by atoms with van der Waals surface area (Å²) in [6, 6.07) is 6.27. The van der Waals surface area contributed by atoms with Gasteiger partial charge in [-0.1, -0.05) is 17.7 Å². The molecule has 0 unspecified atom stereocenters. The molecular weight excluding hydrogens is 276 g/mol. The highest BCUT2D eigenvalue weighted by atomic mass is 35.5. The van der Waals surface area contributed by atoms with Gasteiger partial charge in [0.1, 0.15) is 11.6 Å². The van der Waals surface area contributed by atoms with Crippen molar-refractivity contribution in [2.45, 2.75) is 13.5 Å². The van der Waals surface area contributed by atoms with Gasteiger partial charge in [-0.25, -0.2) is 14.4 Å². The summed E-state index contributed by atoms with van der Waals surface area (Å²) in [5, 5.41) is 3.52. The van der Waals surface area contributed by atoms with Crippen LogP contribution in [0.1, 0.15) is 11.3 Å². The number of nitrogens with zero attached hydrogens (tertiary/aromatic N) is 2. The number of hydrogen-bond acceptors (Lipinski definition) is 3. The van der Waals surface area contributed by atoms with Gasteiger partial charge in [0, 0.05) is 28.9 Å². The van der Waals surface area contributed by atoms with Crippen LogP contribution in [0.2, 0.25) is 10.3 Å². The first kappa shape index (κ1) is 13.1. The summed E-state index contributed by atoms with van der Waals surface area (Å²) in [6.45, 7) is 2.11. The van der Waals surface area contributed by atoms with Crippen molar-refractivity contribution >= 4 is 29.0 Å². The number of anilines is 1. The van der Waals surface area contributed by atoms with Crippen molar-refractivity contribution in [2.75, 3.05) is 5.32 Å². The lowest BCUT2D eigenvalue weighted by atomic mass is 10.2. The van der Waals surface area contributed by atoms with Gasteiger partial charge in [-0.15, -0.1) is 0 Å². The molecule has 1 aromatic heterocycles. The van der Waals surface area contributed by atoms with Crippen LogP contribution in [0.3, 0.4) is 0 Å². The summed E-state index contributed by atoms with van der Waals surface area (Å²) < 4.78 is 13.5. The monoisotopic (exact) mass is 285 g/mol. The molecule has 1 N–H and O–H groups in total. The SMILES string of the molecule is Cc1cc(NCc2ccc(Cl)cc2F)nc(Cl)n1. The summed E-state index contributed by atoms with van der Waals surface area (Å²) >= 11 is 11.4. The molecule has 0 spiro atoms. The van der Waals surface area contributed by atoms with Crippen LogP contribution in [0.25, 0.3) is 0 Å². The molecule has 0 saturated carbocycles. The zero-order chi connectivity index (χ0) is 13.1. The third-order valence-electron chi connectivity index (χ3n) is 2.30. The number of benzene rings is 1. The average molecular weight is 286 g/mol. The minimum Gasteiger partial charge on any atom is -0.366 e. The number of aromatic nitrogens is 2. The Kier molecular flexibility index (Phi) is 3.99. The normalized spacial score (nSPS) is 10.4. The Labute approximate surface area is 114 Å². The smallest absolute Gasteiger partial charge is 0.224 e. The minimum absolute atomic E-state index is 0.161. The van der Waals surface area contributed by atoms with Crippen molar-refractivity contribution in [3.63, 3.8) is 0 Å². The van der Waals surface area contributed by atoms with Gasteiger partial charge in [0.25, 0.3) is 0 Å². The Morgan fingerprint density at radius 1 is 1.22 bits per heavy atom. The van der Waals surface area contributed by atoms with E-state index in [2.05, 4.69) is 15.3 Å². The van der Waals surface area contributed by atoms with E-state index in [0.29, 0.717) is 22.9 Å². The molecule has 94 valence electrons. The van der Waals surface area contributed by atoms with Gasteiger partial charge in [0.05, 0.1) is 0 Å². The highest BCUT2D eigenvalue weighted by molar-refractivity contribution is 6.30. The molecule has 0 radical (unpaired) electrons. The highest BCUT2D eigenvalue weighted by Crippen LogP contribution is 2.16. The second-order valence-corrected chi connectivity index (χ2v) is 4.53. The zero-order valence-electron chi connectivity index (χ0n) is 9.54. The largest absolute Gasteiger partial charge is 0.366 e. The van der Waals surface area contributed by atoms with E-state index in [-0.39, 0.29) is 11.1 Å². The number of nitrogens with one attached hydrogen (secondary N) is 1. The molecule has 0 aliphatic carbocycles. The fraction of sp³-hybridized carbons (Fsp3) is 0.167. The first-order valence-electron chi connectivity index (χ1n) is 5.23. The van der Waals surface area contributed by atoms with Crippen molar-refractivity contribution in [1.29, 1.82) is 0 Å². The van der Waals surface area contributed by atoms with E-state index >= 15 is 0 Å². The molecule has 0 bridgehead atoms. The molecule has 0 amide bonds. The second kappa shape index (κ2) is 5.50. The maximum atomic E-state index is 13.5. The molecule has 0 saturated heterocycles. The second-order valence-electron chi connectivity index (χ2n) is 3.75. The fourth-order valence-electron chi connectivity index (χ4n) is 1.47. The zero-order valence-corrected chi connectivity index (χ0v) is 11.1. The Hall–Kier alpha value is -1.39. The summed E-state index contributed by atoms with van der Waals surface area (Å²) in [6.07, 6.45) is 0. The van der Waals surface area contributed by atoms with Gasteiger partial charge in [-0.2, -0.15) is 0 Å². The molecule has 18 heavy (non-hydrogen) atoms. The molecule has 1 heterocycles. The van der Waals surface area contributed by atoms with E-state index in [1.165, 1.54) is 6.07 Å². The van der Waals surface area contributed by atoms with Crippen molar-refractivity contribution in [1.82, 2.24) is 9.97 Å². The van der Waals surface area contributed by atoms with Gasteiger partial charge in [0.2, 0.25) is 5.28 Å². The number of aryl methyl sites for hydroxylation is 1. The molecular formula is C12H10Cl2FN3. The molecule has 2 rings (SSSR count). The van der Waals surface area contributed by atoms with E-state index < -0.39 is 0 Å². The first-order valence-corrected chi connectivity index (χ1v) is 5.99. The third-order valence-corrected chi connectivity index (χ3v) is 2.71. The maximum Gasteiger partial charge on any atom is 0.224 e. The van der Waals surface area contributed by atoms with Crippen molar-refractivity contribution in [2.24, 2.45) is 0 Å². The predicted molar refractivity (Wildman–Crippen MR) is 70.5 cm³/mol. The first-order chi connectivity index (χ1) is 8.54. The van der Waals surface area contributed by atoms with Crippen molar-refractivity contribution < 1.29 is 4.39 Å². The van der Waals surface area contributed by atoms with Crippen LogP contribution >= 0.6 is 23.2 Å². The maximum absolute atomic E-state index is 13.5. The lowest BCUT2D eigenvalue weighted by Gasteiger charge is -2.07. The third kappa shape index (κ3) is 3.31. The van der Waals surface area contributed by atoms with Crippen LogP contribution < -0.4 is 5.32 Å². The Morgan fingerprint density at radius 3 is 2.67 bits per heavy atom. The van der Waals surface area contributed by atoms with E-state index in [0.717, 1.165) is 5.69 Å². The molecule has 0 aliphatic heterocycles. The molecule has 2 aromatic rings. The fourth-order valence-corrected chi connectivity index (χ4v) is 1.86. The molecule has 0 fully saturated rings. The summed E-state index contributed by atoms with van der Waals surface area (Å²) in [5.41, 5.74) is 1.25. The number of hydrogen-bond donors (Lipinski definition) is 1. The van der Waals surface area contributed by atoms with Crippen LogP contribution in [0.15, 0.2) is 24.3 Å². The van der Waals surface area contributed by atoms with E-state index in [1.54, 1.807) is 18.2 Å². The van der Waals surface area contributed by atoms with Gasteiger partial charge in [-0.05, 0) is 30.7 Å². The van der Waals surface area contributed by atoms with Crippen LogP contribution in [0, 0.1) is 12.7 Å². The number of halogens is 3. The topological polar surface area (TPSA) is 37.8 Å². The quantitative estimate of drug-likeness (QED) is 0.871. The van der Waals surface area contributed by atoms with Gasteiger partial charge in [-0.3, -0.25) is 0 Å².